The molecule has 0 aromatic heterocycles. The molecule has 17 heavy (non-hydrogen) atoms. The molecular weight excluding hydrogens is 236 g/mol. The third-order valence-corrected chi connectivity index (χ3v) is 2.45. The summed E-state index contributed by atoms with van der Waals surface area (Å²) in [7, 11) is 0. The van der Waals surface area contributed by atoms with Crippen LogP contribution in [0.4, 0.5) is 5.69 Å². The van der Waals surface area contributed by atoms with Crippen LogP contribution >= 0.6 is 11.6 Å². The van der Waals surface area contributed by atoms with E-state index in [2.05, 4.69) is 0 Å². The monoisotopic (exact) mass is 250 g/mol. The number of Topliss-reactive ketones (excluding diaryl/α,β-unsaturated/α-hetero) is 1. The molecule has 0 radical (unpaired) electrons. The molecule has 0 spiro atoms. The number of anilines is 1. The van der Waals surface area contributed by atoms with E-state index < -0.39 is 0 Å². The van der Waals surface area contributed by atoms with Gasteiger partial charge in [-0.05, 0) is 38.1 Å². The number of allylic oxidation sites excluding steroid dienone is 4. The zero-order valence-electron chi connectivity index (χ0n) is 9.83. The molecule has 3 nitrogen and oxygen atoms in total. The molecule has 0 unspecified atom stereocenters. The van der Waals surface area contributed by atoms with Gasteiger partial charge in [-0.1, -0.05) is 17.7 Å². The van der Waals surface area contributed by atoms with Crippen LogP contribution in [0.3, 0.4) is 0 Å². The van der Waals surface area contributed by atoms with Gasteiger partial charge in [-0.3, -0.25) is 4.79 Å². The predicted molar refractivity (Wildman–Crippen MR) is 71.9 cm³/mol. The summed E-state index contributed by atoms with van der Waals surface area (Å²) in [5, 5.41) is 0.478. The van der Waals surface area contributed by atoms with Gasteiger partial charge >= 0.3 is 0 Å². The Morgan fingerprint density at radius 3 is 2.59 bits per heavy atom. The highest BCUT2D eigenvalue weighted by Gasteiger charge is 2.13. The molecular formula is C13H15ClN2O. The van der Waals surface area contributed by atoms with Crippen molar-refractivity contribution in [1.82, 2.24) is 0 Å². The van der Waals surface area contributed by atoms with Crippen LogP contribution in [0.15, 0.2) is 41.6 Å². The van der Waals surface area contributed by atoms with Crippen molar-refractivity contribution in [3.8, 4) is 0 Å². The summed E-state index contributed by atoms with van der Waals surface area (Å²) in [4.78, 5) is 12.2. The largest absolute Gasteiger partial charge is 0.402 e. The number of nitrogens with two attached hydrogens (primary N) is 2. The summed E-state index contributed by atoms with van der Waals surface area (Å²) in [5.41, 5.74) is 13.2. The van der Waals surface area contributed by atoms with Crippen LogP contribution in [-0.4, -0.2) is 5.78 Å². The number of ketones is 1. The molecule has 4 N–H and O–H groups in total. The van der Waals surface area contributed by atoms with E-state index >= 15 is 0 Å². The van der Waals surface area contributed by atoms with Gasteiger partial charge in [0.1, 0.15) is 0 Å². The smallest absolute Gasteiger partial charge is 0.194 e. The average molecular weight is 251 g/mol. The predicted octanol–water partition coefficient (Wildman–Crippen LogP) is 2.91. The number of carbonyl (C=O) groups is 1. The molecule has 0 heterocycles. The maximum absolute atomic E-state index is 12.2. The van der Waals surface area contributed by atoms with E-state index in [0.717, 1.165) is 0 Å². The second-order valence-electron chi connectivity index (χ2n) is 3.69. The summed E-state index contributed by atoms with van der Waals surface area (Å²) >= 11 is 5.85. The highest BCUT2D eigenvalue weighted by atomic mass is 35.5. The first-order chi connectivity index (χ1) is 7.95. The van der Waals surface area contributed by atoms with Gasteiger partial charge in [0, 0.05) is 27.5 Å². The lowest BCUT2D eigenvalue weighted by Gasteiger charge is -2.06. The summed E-state index contributed by atoms with van der Waals surface area (Å²) in [6.07, 6.45) is 3.31. The van der Waals surface area contributed by atoms with Crippen LogP contribution in [0, 0.1) is 0 Å². The summed E-state index contributed by atoms with van der Waals surface area (Å²) < 4.78 is 0. The van der Waals surface area contributed by atoms with Gasteiger partial charge < -0.3 is 11.5 Å². The molecule has 0 aliphatic carbocycles. The minimum absolute atomic E-state index is 0.183. The molecule has 90 valence electrons. The number of halogens is 1. The standard InChI is InChI=1S/C13H15ClN2O/c1-3-9(6-8(2)15)13(17)11-7-10(14)4-5-12(11)16/h3-7H,15-16H2,1-2H3/b8-6-,9-3+. The van der Waals surface area contributed by atoms with E-state index in [0.29, 0.717) is 27.5 Å². The van der Waals surface area contributed by atoms with E-state index in [1.165, 1.54) is 0 Å². The second-order valence-corrected chi connectivity index (χ2v) is 4.13. The number of carbonyl (C=O) groups excluding carboxylic acids is 1. The first kappa shape index (κ1) is 13.3. The molecule has 0 aliphatic heterocycles. The topological polar surface area (TPSA) is 69.1 Å². The van der Waals surface area contributed by atoms with Crippen molar-refractivity contribution in [3.63, 3.8) is 0 Å². The van der Waals surface area contributed by atoms with Crippen molar-refractivity contribution in [2.75, 3.05) is 5.73 Å². The molecule has 0 saturated carbocycles. The lowest BCUT2D eigenvalue weighted by atomic mass is 10.0. The number of hydrogen-bond donors (Lipinski definition) is 2. The minimum atomic E-state index is -0.183. The molecule has 0 atom stereocenters. The van der Waals surface area contributed by atoms with Crippen LogP contribution in [0.25, 0.3) is 0 Å². The third kappa shape index (κ3) is 3.36. The lowest BCUT2D eigenvalue weighted by molar-refractivity contribution is 0.103. The highest BCUT2D eigenvalue weighted by Crippen LogP contribution is 2.21. The maximum Gasteiger partial charge on any atom is 0.194 e. The quantitative estimate of drug-likeness (QED) is 0.375. The van der Waals surface area contributed by atoms with E-state index in [1.807, 2.05) is 0 Å². The van der Waals surface area contributed by atoms with Crippen molar-refractivity contribution >= 4 is 23.1 Å². The molecule has 0 amide bonds. The fraction of sp³-hybridized carbons (Fsp3) is 0.154. The molecule has 0 fully saturated rings. The Labute approximate surface area is 106 Å². The Kier molecular flexibility index (Phi) is 4.35. The normalized spacial score (nSPS) is 12.6. The first-order valence-corrected chi connectivity index (χ1v) is 5.53. The Bertz CT molecular complexity index is 500. The Balaban J connectivity index is 3.20. The minimum Gasteiger partial charge on any atom is -0.402 e. The molecule has 1 aromatic carbocycles. The van der Waals surface area contributed by atoms with Crippen molar-refractivity contribution in [1.29, 1.82) is 0 Å². The number of hydrogen-bond acceptors (Lipinski definition) is 3. The van der Waals surface area contributed by atoms with Gasteiger partial charge in [-0.25, -0.2) is 0 Å². The molecule has 1 rings (SSSR count). The Hall–Kier alpha value is -1.74. The maximum atomic E-state index is 12.2. The van der Waals surface area contributed by atoms with Crippen molar-refractivity contribution < 1.29 is 4.79 Å². The van der Waals surface area contributed by atoms with Gasteiger partial charge in [-0.2, -0.15) is 0 Å². The van der Waals surface area contributed by atoms with Crippen molar-refractivity contribution in [2.45, 2.75) is 13.8 Å². The molecule has 0 bridgehead atoms. The Morgan fingerprint density at radius 2 is 2.06 bits per heavy atom. The zero-order chi connectivity index (χ0) is 13.0. The SMILES string of the molecule is C/C=C(\C=C(\C)N)C(=O)c1cc(Cl)ccc1N. The third-order valence-electron chi connectivity index (χ3n) is 2.22. The summed E-state index contributed by atoms with van der Waals surface area (Å²) in [6, 6.07) is 4.82. The fourth-order valence-corrected chi connectivity index (χ4v) is 1.58. The lowest BCUT2D eigenvalue weighted by Crippen LogP contribution is -2.07. The molecule has 0 saturated heterocycles. The number of rotatable bonds is 3. The number of benzene rings is 1. The van der Waals surface area contributed by atoms with E-state index in [-0.39, 0.29) is 5.78 Å². The van der Waals surface area contributed by atoms with Crippen molar-refractivity contribution in [3.05, 3.63) is 52.2 Å². The van der Waals surface area contributed by atoms with Crippen LogP contribution in [0.1, 0.15) is 24.2 Å². The summed E-state index contributed by atoms with van der Waals surface area (Å²) in [6.45, 7) is 3.49. The van der Waals surface area contributed by atoms with E-state index in [9.17, 15) is 4.79 Å². The van der Waals surface area contributed by atoms with E-state index in [1.54, 1.807) is 44.2 Å². The van der Waals surface area contributed by atoms with Crippen LogP contribution in [-0.2, 0) is 0 Å². The van der Waals surface area contributed by atoms with Crippen molar-refractivity contribution in [2.24, 2.45) is 5.73 Å². The average Bonchev–Trinajstić information content (AvgIpc) is 2.28. The molecule has 1 aromatic rings. The van der Waals surface area contributed by atoms with Gasteiger partial charge in [0.05, 0.1) is 0 Å². The fourth-order valence-electron chi connectivity index (χ4n) is 1.41. The van der Waals surface area contributed by atoms with Gasteiger partial charge in [0.25, 0.3) is 0 Å². The first-order valence-electron chi connectivity index (χ1n) is 5.15. The number of nitrogen functional groups attached to an aromatic ring is 1. The van der Waals surface area contributed by atoms with Gasteiger partial charge in [-0.15, -0.1) is 0 Å². The van der Waals surface area contributed by atoms with Crippen LogP contribution in [0.5, 0.6) is 0 Å². The molecule has 0 aliphatic rings. The highest BCUT2D eigenvalue weighted by molar-refractivity contribution is 6.31. The van der Waals surface area contributed by atoms with Gasteiger partial charge in [0.15, 0.2) is 5.78 Å². The van der Waals surface area contributed by atoms with E-state index in [4.69, 9.17) is 23.1 Å². The Morgan fingerprint density at radius 1 is 1.41 bits per heavy atom. The van der Waals surface area contributed by atoms with Crippen LogP contribution in [0.2, 0.25) is 5.02 Å². The van der Waals surface area contributed by atoms with Gasteiger partial charge in [0.2, 0.25) is 0 Å². The zero-order valence-corrected chi connectivity index (χ0v) is 10.6. The second kappa shape index (κ2) is 5.55. The molecule has 4 heteroatoms. The summed E-state index contributed by atoms with van der Waals surface area (Å²) in [5.74, 6) is -0.183. The van der Waals surface area contributed by atoms with Crippen LogP contribution < -0.4 is 11.5 Å².